The number of ketones is 2. The van der Waals surface area contributed by atoms with Crippen molar-refractivity contribution in [2.75, 3.05) is 0 Å². The summed E-state index contributed by atoms with van der Waals surface area (Å²) < 4.78 is 11.0. The van der Waals surface area contributed by atoms with Crippen LogP contribution in [0.4, 0.5) is 0 Å². The third-order valence-corrected chi connectivity index (χ3v) is 5.23. The van der Waals surface area contributed by atoms with Gasteiger partial charge in [0.25, 0.3) is 0 Å². The molecule has 0 unspecified atom stereocenters. The molecule has 3 aliphatic rings. The second-order valence-electron chi connectivity index (χ2n) is 7.52. The summed E-state index contributed by atoms with van der Waals surface area (Å²) in [5.41, 5.74) is 0.973. The summed E-state index contributed by atoms with van der Waals surface area (Å²) in [6, 6.07) is 0. The standard InChI is InChI=1S/C23H24O5/c1-6-13(2)9-14(3)7-8-17-10-16-11-19(25)23(5)21(18(16)12-27-17)20(15(4)24)22(26)28-23/h7-13H,6H2,1-5H3/b8-7+,14-9+/t13-,23-/m0/s1. The minimum Gasteiger partial charge on any atom is -0.464 e. The molecule has 0 amide bonds. The molecule has 0 saturated heterocycles. The topological polar surface area (TPSA) is 69.7 Å². The lowest BCUT2D eigenvalue weighted by atomic mass is 9.76. The van der Waals surface area contributed by atoms with Crippen LogP contribution in [0.15, 0.2) is 70.3 Å². The van der Waals surface area contributed by atoms with Crippen molar-refractivity contribution in [3.8, 4) is 0 Å². The van der Waals surface area contributed by atoms with E-state index in [1.807, 2.05) is 19.1 Å². The molecule has 3 rings (SSSR count). The highest BCUT2D eigenvalue weighted by Gasteiger charge is 2.54. The van der Waals surface area contributed by atoms with Gasteiger partial charge >= 0.3 is 5.97 Å². The van der Waals surface area contributed by atoms with E-state index >= 15 is 0 Å². The van der Waals surface area contributed by atoms with Gasteiger partial charge in [0.1, 0.15) is 11.3 Å². The number of carbonyl (C=O) groups excluding carboxylic acids is 3. The van der Waals surface area contributed by atoms with Crippen molar-refractivity contribution >= 4 is 17.5 Å². The first-order chi connectivity index (χ1) is 13.2. The van der Waals surface area contributed by atoms with Crippen molar-refractivity contribution < 1.29 is 23.9 Å². The van der Waals surface area contributed by atoms with Gasteiger partial charge in [-0.05, 0) is 50.5 Å². The number of fused-ring (bicyclic) bond motifs is 3. The highest BCUT2D eigenvalue weighted by atomic mass is 16.6. The monoisotopic (exact) mass is 380 g/mol. The van der Waals surface area contributed by atoms with E-state index in [1.54, 1.807) is 6.08 Å². The van der Waals surface area contributed by atoms with Crippen molar-refractivity contribution in [3.63, 3.8) is 0 Å². The third-order valence-electron chi connectivity index (χ3n) is 5.23. The summed E-state index contributed by atoms with van der Waals surface area (Å²) in [7, 11) is 0. The van der Waals surface area contributed by atoms with Crippen molar-refractivity contribution in [1.29, 1.82) is 0 Å². The first-order valence-corrected chi connectivity index (χ1v) is 9.38. The summed E-state index contributed by atoms with van der Waals surface area (Å²) in [5.74, 6) is -0.508. The fourth-order valence-electron chi connectivity index (χ4n) is 3.50. The lowest BCUT2D eigenvalue weighted by Crippen LogP contribution is -2.40. The maximum Gasteiger partial charge on any atom is 0.343 e. The number of esters is 1. The molecule has 0 aromatic carbocycles. The van der Waals surface area contributed by atoms with E-state index in [4.69, 9.17) is 9.47 Å². The molecule has 5 nitrogen and oxygen atoms in total. The van der Waals surface area contributed by atoms with Gasteiger partial charge in [0.15, 0.2) is 11.4 Å². The van der Waals surface area contributed by atoms with Gasteiger partial charge in [-0.3, -0.25) is 9.59 Å². The number of allylic oxidation sites excluding steroid dienone is 6. The van der Waals surface area contributed by atoms with Crippen LogP contribution in [0.5, 0.6) is 0 Å². The average molecular weight is 380 g/mol. The molecule has 28 heavy (non-hydrogen) atoms. The van der Waals surface area contributed by atoms with Gasteiger partial charge in [0, 0.05) is 11.1 Å². The SMILES string of the molecule is CC[C@H](C)/C=C(C)/C=C/C1=CC2=CC(=O)[C@]3(C)OC(=O)C(C(C)=O)=C3C2=CO1. The number of hydrogen-bond acceptors (Lipinski definition) is 5. The van der Waals surface area contributed by atoms with E-state index in [0.717, 1.165) is 12.0 Å². The van der Waals surface area contributed by atoms with Gasteiger partial charge in [-0.25, -0.2) is 4.79 Å². The molecule has 5 heteroatoms. The first kappa shape index (κ1) is 19.8. The van der Waals surface area contributed by atoms with Crippen molar-refractivity contribution in [2.24, 2.45) is 5.92 Å². The Kier molecular flexibility index (Phi) is 5.11. The first-order valence-electron chi connectivity index (χ1n) is 9.38. The second-order valence-corrected chi connectivity index (χ2v) is 7.52. The van der Waals surface area contributed by atoms with Crippen LogP contribution in [0.3, 0.4) is 0 Å². The fraction of sp³-hybridized carbons (Fsp3) is 0.348. The van der Waals surface area contributed by atoms with Gasteiger partial charge in [0.05, 0.1) is 6.26 Å². The van der Waals surface area contributed by atoms with Gasteiger partial charge in [-0.1, -0.05) is 38.0 Å². The molecule has 0 aromatic rings. The predicted octanol–water partition coefficient (Wildman–Crippen LogP) is 4.04. The highest BCUT2D eigenvalue weighted by molar-refractivity contribution is 6.23. The summed E-state index contributed by atoms with van der Waals surface area (Å²) >= 11 is 0. The Balaban J connectivity index is 1.97. The maximum atomic E-state index is 12.7. The molecule has 0 bridgehead atoms. The van der Waals surface area contributed by atoms with Crippen LogP contribution < -0.4 is 0 Å². The Morgan fingerprint density at radius 1 is 1.25 bits per heavy atom. The van der Waals surface area contributed by atoms with E-state index in [2.05, 4.69) is 19.9 Å². The normalized spacial score (nSPS) is 25.5. The number of carbonyl (C=O) groups is 3. The van der Waals surface area contributed by atoms with Crippen molar-refractivity contribution in [2.45, 2.75) is 46.6 Å². The van der Waals surface area contributed by atoms with Crippen LogP contribution in [-0.2, 0) is 23.9 Å². The molecule has 2 atom stereocenters. The number of ether oxygens (including phenoxy) is 2. The predicted molar refractivity (Wildman–Crippen MR) is 105 cm³/mol. The number of Topliss-reactive ketones (excluding diaryl/α,β-unsaturated/α-hetero) is 1. The van der Waals surface area contributed by atoms with Gasteiger partial charge in [0.2, 0.25) is 5.78 Å². The molecule has 2 aliphatic heterocycles. The number of rotatable bonds is 5. The molecule has 0 radical (unpaired) electrons. The highest BCUT2D eigenvalue weighted by Crippen LogP contribution is 2.46. The third kappa shape index (κ3) is 3.33. The van der Waals surface area contributed by atoms with Gasteiger partial charge in [-0.15, -0.1) is 0 Å². The lowest BCUT2D eigenvalue weighted by molar-refractivity contribution is -0.152. The second kappa shape index (κ2) is 7.23. The average Bonchev–Trinajstić information content (AvgIpc) is 2.92. The summed E-state index contributed by atoms with van der Waals surface area (Å²) in [6.07, 6.45) is 11.7. The molecular weight excluding hydrogens is 356 g/mol. The number of hydrogen-bond donors (Lipinski definition) is 0. The molecule has 0 fully saturated rings. The minimum atomic E-state index is -1.48. The molecule has 1 aliphatic carbocycles. The van der Waals surface area contributed by atoms with E-state index < -0.39 is 17.4 Å². The Hall–Kier alpha value is -2.95. The van der Waals surface area contributed by atoms with E-state index in [0.29, 0.717) is 28.4 Å². The van der Waals surface area contributed by atoms with E-state index in [-0.39, 0.29) is 11.4 Å². The fourth-order valence-corrected chi connectivity index (χ4v) is 3.50. The van der Waals surface area contributed by atoms with E-state index in [9.17, 15) is 14.4 Å². The molecule has 0 saturated carbocycles. The molecule has 0 spiro atoms. The molecular formula is C23H24O5. The smallest absolute Gasteiger partial charge is 0.343 e. The van der Waals surface area contributed by atoms with Crippen LogP contribution in [0.1, 0.15) is 41.0 Å². The van der Waals surface area contributed by atoms with Crippen LogP contribution in [-0.4, -0.2) is 23.1 Å². The quantitative estimate of drug-likeness (QED) is 0.409. The van der Waals surface area contributed by atoms with Crippen LogP contribution >= 0.6 is 0 Å². The molecule has 2 heterocycles. The zero-order chi connectivity index (χ0) is 20.6. The molecule has 0 aromatic heterocycles. The van der Waals surface area contributed by atoms with Crippen molar-refractivity contribution in [1.82, 2.24) is 0 Å². The van der Waals surface area contributed by atoms with Crippen LogP contribution in [0, 0.1) is 5.92 Å². The Morgan fingerprint density at radius 2 is 1.96 bits per heavy atom. The Labute approximate surface area is 164 Å². The zero-order valence-electron chi connectivity index (χ0n) is 16.8. The largest absolute Gasteiger partial charge is 0.464 e. The molecule has 146 valence electrons. The Morgan fingerprint density at radius 3 is 2.61 bits per heavy atom. The van der Waals surface area contributed by atoms with Crippen molar-refractivity contribution in [3.05, 3.63) is 70.3 Å². The van der Waals surface area contributed by atoms with Gasteiger partial charge in [-0.2, -0.15) is 0 Å². The zero-order valence-corrected chi connectivity index (χ0v) is 16.8. The maximum absolute atomic E-state index is 12.7. The van der Waals surface area contributed by atoms with Crippen LogP contribution in [0.25, 0.3) is 0 Å². The van der Waals surface area contributed by atoms with Gasteiger partial charge < -0.3 is 9.47 Å². The summed E-state index contributed by atoms with van der Waals surface area (Å²) in [5, 5.41) is 0. The molecule has 0 N–H and O–H groups in total. The Bertz CT molecular complexity index is 951. The minimum absolute atomic E-state index is 0.0870. The summed E-state index contributed by atoms with van der Waals surface area (Å²) in [4.78, 5) is 36.9. The van der Waals surface area contributed by atoms with E-state index in [1.165, 1.54) is 26.2 Å². The lowest BCUT2D eigenvalue weighted by Gasteiger charge is -2.31. The van der Waals surface area contributed by atoms with Crippen LogP contribution in [0.2, 0.25) is 0 Å². The summed E-state index contributed by atoms with van der Waals surface area (Å²) in [6.45, 7) is 9.11.